The summed E-state index contributed by atoms with van der Waals surface area (Å²) in [7, 11) is 1.78. The lowest BCUT2D eigenvalue weighted by molar-refractivity contribution is 0.0737. The molecule has 1 saturated heterocycles. The highest BCUT2D eigenvalue weighted by Gasteiger charge is 2.35. The van der Waals surface area contributed by atoms with Gasteiger partial charge in [0.05, 0.1) is 24.6 Å². The molecule has 0 spiro atoms. The number of β-amino-alcohol motifs (C(OH)–C–C–N with tert-alkyl or cyclic N) is 1. The third-order valence-electron chi connectivity index (χ3n) is 3.62. The summed E-state index contributed by atoms with van der Waals surface area (Å²) in [6.07, 6.45) is 2.11. The largest absolute Gasteiger partial charge is 0.482 e. The Bertz CT molecular complexity index is 690. The van der Waals surface area contributed by atoms with Crippen molar-refractivity contribution in [3.05, 3.63) is 29.7 Å². The average Bonchev–Trinajstić information content (AvgIpc) is 3.01. The highest BCUT2D eigenvalue weighted by atomic mass is 19.1. The van der Waals surface area contributed by atoms with Crippen LogP contribution in [0.3, 0.4) is 0 Å². The maximum Gasteiger partial charge on any atom is 0.186 e. The Morgan fingerprint density at radius 3 is 2.77 bits per heavy atom. The topological polar surface area (TPSA) is 76.3 Å². The van der Waals surface area contributed by atoms with Crippen molar-refractivity contribution in [3.8, 4) is 5.75 Å². The van der Waals surface area contributed by atoms with E-state index in [1.165, 1.54) is 0 Å². The summed E-state index contributed by atoms with van der Waals surface area (Å²) in [5.74, 6) is 0.824. The first-order valence-corrected chi connectivity index (χ1v) is 7.03. The van der Waals surface area contributed by atoms with Gasteiger partial charge in [-0.25, -0.2) is 14.4 Å². The van der Waals surface area contributed by atoms with Gasteiger partial charge in [0.25, 0.3) is 0 Å². The van der Waals surface area contributed by atoms with E-state index >= 15 is 0 Å². The molecule has 2 aromatic heterocycles. The van der Waals surface area contributed by atoms with E-state index in [-0.39, 0.29) is 12.4 Å². The number of aromatic nitrogens is 4. The van der Waals surface area contributed by atoms with Crippen LogP contribution < -0.4 is 9.64 Å². The van der Waals surface area contributed by atoms with Crippen molar-refractivity contribution < 1.29 is 14.2 Å². The van der Waals surface area contributed by atoms with Gasteiger partial charge in [0, 0.05) is 13.6 Å². The molecule has 1 aliphatic heterocycles. The summed E-state index contributed by atoms with van der Waals surface area (Å²) in [5, 5.41) is 14.2. The van der Waals surface area contributed by atoms with Crippen molar-refractivity contribution in [3.63, 3.8) is 0 Å². The Morgan fingerprint density at radius 2 is 2.09 bits per heavy atom. The van der Waals surface area contributed by atoms with Gasteiger partial charge in [-0.2, -0.15) is 5.10 Å². The molecule has 118 valence electrons. The third kappa shape index (κ3) is 2.74. The quantitative estimate of drug-likeness (QED) is 0.894. The summed E-state index contributed by atoms with van der Waals surface area (Å²) in [6, 6.07) is 0. The summed E-state index contributed by atoms with van der Waals surface area (Å²) < 4.78 is 21.6. The standard InChI is InChI=1S/C14H18FN5O2/c1-8-13(15)14(18-9(2)17-8)20-6-11(21)12(7-20)22-10-4-16-19(3)5-10/h4-5,11-12,21H,6-7H2,1-3H3/t11-,12-/m1/s1. The van der Waals surface area contributed by atoms with Crippen LogP contribution in [0, 0.1) is 19.7 Å². The van der Waals surface area contributed by atoms with Crippen LogP contribution in [0.5, 0.6) is 5.75 Å². The molecule has 2 atom stereocenters. The Balaban J connectivity index is 1.78. The summed E-state index contributed by atoms with van der Waals surface area (Å²) in [5.41, 5.74) is 0.300. The molecule has 1 fully saturated rings. The first kappa shape index (κ1) is 14.7. The van der Waals surface area contributed by atoms with Gasteiger partial charge in [-0.05, 0) is 13.8 Å². The van der Waals surface area contributed by atoms with E-state index in [0.717, 1.165) is 0 Å². The number of ether oxygens (including phenoxy) is 1. The fourth-order valence-corrected chi connectivity index (χ4v) is 2.57. The molecular weight excluding hydrogens is 289 g/mol. The van der Waals surface area contributed by atoms with Gasteiger partial charge in [0.2, 0.25) is 0 Å². The lowest BCUT2D eigenvalue weighted by Gasteiger charge is -2.18. The maximum atomic E-state index is 14.2. The van der Waals surface area contributed by atoms with Crippen molar-refractivity contribution in [2.45, 2.75) is 26.1 Å². The van der Waals surface area contributed by atoms with Gasteiger partial charge in [-0.1, -0.05) is 0 Å². The highest BCUT2D eigenvalue weighted by molar-refractivity contribution is 5.43. The molecule has 0 saturated carbocycles. The molecule has 1 aliphatic rings. The Labute approximate surface area is 127 Å². The second-order valence-corrected chi connectivity index (χ2v) is 5.47. The number of hydrogen-bond acceptors (Lipinski definition) is 6. The van der Waals surface area contributed by atoms with Crippen LogP contribution in [-0.2, 0) is 7.05 Å². The summed E-state index contributed by atoms with van der Waals surface area (Å²) in [6.45, 7) is 3.93. The molecule has 8 heteroatoms. The SMILES string of the molecule is Cc1nc(C)c(F)c(N2C[C@@H](O)[C@H](Oc3cnn(C)c3)C2)n1. The second-order valence-electron chi connectivity index (χ2n) is 5.47. The number of aliphatic hydroxyl groups is 1. The van der Waals surface area contributed by atoms with Crippen molar-refractivity contribution in [1.29, 1.82) is 0 Å². The van der Waals surface area contributed by atoms with E-state index < -0.39 is 18.0 Å². The minimum atomic E-state index is -0.727. The predicted octanol–water partition coefficient (Wildman–Crippen LogP) is 0.595. The van der Waals surface area contributed by atoms with Gasteiger partial charge in [-0.15, -0.1) is 0 Å². The van der Waals surface area contributed by atoms with E-state index in [1.54, 1.807) is 42.9 Å². The molecule has 1 N–H and O–H groups in total. The zero-order chi connectivity index (χ0) is 15.9. The molecule has 0 unspecified atom stereocenters. The Morgan fingerprint density at radius 1 is 1.32 bits per heavy atom. The summed E-state index contributed by atoms with van der Waals surface area (Å²) >= 11 is 0. The van der Waals surface area contributed by atoms with E-state index in [1.807, 2.05) is 0 Å². The van der Waals surface area contributed by atoms with Gasteiger partial charge in [-0.3, -0.25) is 4.68 Å². The fourth-order valence-electron chi connectivity index (χ4n) is 2.57. The van der Waals surface area contributed by atoms with Crippen LogP contribution in [0.25, 0.3) is 0 Å². The van der Waals surface area contributed by atoms with Crippen LogP contribution in [0.15, 0.2) is 12.4 Å². The van der Waals surface area contributed by atoms with Gasteiger partial charge in [0.1, 0.15) is 18.0 Å². The first-order chi connectivity index (χ1) is 10.4. The molecule has 3 heterocycles. The molecule has 0 aromatic carbocycles. The number of rotatable bonds is 3. The van der Waals surface area contributed by atoms with Crippen LogP contribution in [0.1, 0.15) is 11.5 Å². The van der Waals surface area contributed by atoms with Gasteiger partial charge in [0.15, 0.2) is 17.4 Å². The van der Waals surface area contributed by atoms with Crippen molar-refractivity contribution in [1.82, 2.24) is 19.7 Å². The van der Waals surface area contributed by atoms with Crippen LogP contribution in [-0.4, -0.2) is 50.2 Å². The lowest BCUT2D eigenvalue weighted by Crippen LogP contribution is -2.30. The predicted molar refractivity (Wildman–Crippen MR) is 77.3 cm³/mol. The molecule has 0 bridgehead atoms. The summed E-state index contributed by atoms with van der Waals surface area (Å²) in [4.78, 5) is 9.83. The molecule has 2 aromatic rings. The second kappa shape index (κ2) is 5.53. The number of halogens is 1. The van der Waals surface area contributed by atoms with Gasteiger partial charge >= 0.3 is 0 Å². The Hall–Kier alpha value is -2.22. The molecular formula is C14H18FN5O2. The van der Waals surface area contributed by atoms with Crippen molar-refractivity contribution >= 4 is 5.82 Å². The smallest absolute Gasteiger partial charge is 0.186 e. The number of aliphatic hydroxyl groups excluding tert-OH is 1. The zero-order valence-corrected chi connectivity index (χ0v) is 12.7. The van der Waals surface area contributed by atoms with E-state index in [4.69, 9.17) is 4.74 Å². The van der Waals surface area contributed by atoms with E-state index in [9.17, 15) is 9.50 Å². The number of aryl methyl sites for hydroxylation is 3. The lowest BCUT2D eigenvalue weighted by atomic mass is 10.3. The van der Waals surface area contributed by atoms with Crippen LogP contribution in [0.2, 0.25) is 0 Å². The minimum Gasteiger partial charge on any atom is -0.482 e. The number of anilines is 1. The van der Waals surface area contributed by atoms with E-state index in [0.29, 0.717) is 23.8 Å². The maximum absolute atomic E-state index is 14.2. The zero-order valence-electron chi connectivity index (χ0n) is 12.7. The van der Waals surface area contributed by atoms with Gasteiger partial charge < -0.3 is 14.7 Å². The van der Waals surface area contributed by atoms with Crippen LogP contribution >= 0.6 is 0 Å². The number of nitrogens with zero attached hydrogens (tertiary/aromatic N) is 5. The van der Waals surface area contributed by atoms with E-state index in [2.05, 4.69) is 15.1 Å². The highest BCUT2D eigenvalue weighted by Crippen LogP contribution is 2.25. The fraction of sp³-hybridized carbons (Fsp3) is 0.500. The number of hydrogen-bond donors (Lipinski definition) is 1. The first-order valence-electron chi connectivity index (χ1n) is 7.03. The molecule has 0 radical (unpaired) electrons. The molecule has 7 nitrogen and oxygen atoms in total. The molecule has 0 amide bonds. The Kier molecular flexibility index (Phi) is 3.69. The monoisotopic (exact) mass is 307 g/mol. The minimum absolute atomic E-state index is 0.210. The molecule has 22 heavy (non-hydrogen) atoms. The molecule has 0 aliphatic carbocycles. The average molecular weight is 307 g/mol. The van der Waals surface area contributed by atoms with Crippen molar-refractivity contribution in [2.75, 3.05) is 18.0 Å². The van der Waals surface area contributed by atoms with Crippen molar-refractivity contribution in [2.24, 2.45) is 7.05 Å². The van der Waals surface area contributed by atoms with Crippen LogP contribution in [0.4, 0.5) is 10.2 Å². The molecule has 3 rings (SSSR count). The third-order valence-corrected chi connectivity index (χ3v) is 3.62. The normalized spacial score (nSPS) is 21.4.